The highest BCUT2D eigenvalue weighted by molar-refractivity contribution is 6.00. The van der Waals surface area contributed by atoms with Crippen molar-refractivity contribution < 1.29 is 14.0 Å². The van der Waals surface area contributed by atoms with Gasteiger partial charge in [-0.1, -0.05) is 27.2 Å². The zero-order chi connectivity index (χ0) is 22.4. The van der Waals surface area contributed by atoms with Gasteiger partial charge in [0.15, 0.2) is 11.4 Å². The van der Waals surface area contributed by atoms with E-state index in [0.717, 1.165) is 6.42 Å². The Morgan fingerprint density at radius 2 is 2.00 bits per heavy atom. The predicted molar refractivity (Wildman–Crippen MR) is 114 cm³/mol. The van der Waals surface area contributed by atoms with Crippen LogP contribution in [0.2, 0.25) is 0 Å². The molecule has 2 aromatic rings. The number of hydrogen-bond acceptors (Lipinski definition) is 6. The molecule has 0 bridgehead atoms. The summed E-state index contributed by atoms with van der Waals surface area (Å²) in [6, 6.07) is 3.08. The minimum atomic E-state index is -0.737. The summed E-state index contributed by atoms with van der Waals surface area (Å²) in [5, 5.41) is 0. The van der Waals surface area contributed by atoms with Crippen molar-refractivity contribution in [1.82, 2.24) is 14.5 Å². The smallest absolute Gasteiger partial charge is 0.330 e. The molecule has 164 valence electrons. The fraction of sp³-hybridized carbons (Fsp3) is 0.500. The number of nitrogen functional groups attached to an aromatic ring is 1. The SMILES string of the molecule is CCCCn1c(N)c(N(CC(C)C)C(=O)CN(C)C(=O)c2ccco2)c(=O)[nH]c1=O. The number of nitrogens with two attached hydrogens (primary N) is 1. The summed E-state index contributed by atoms with van der Waals surface area (Å²) in [5.41, 5.74) is 4.73. The van der Waals surface area contributed by atoms with Gasteiger partial charge >= 0.3 is 5.69 Å². The first kappa shape index (κ1) is 23.0. The summed E-state index contributed by atoms with van der Waals surface area (Å²) in [5.74, 6) is -0.913. The lowest BCUT2D eigenvalue weighted by molar-refractivity contribution is -0.119. The van der Waals surface area contributed by atoms with Crippen LogP contribution in [0.3, 0.4) is 0 Å². The molecular weight excluding hydrogens is 390 g/mol. The Bertz CT molecular complexity index is 990. The van der Waals surface area contributed by atoms with Crippen LogP contribution in [0.5, 0.6) is 0 Å². The van der Waals surface area contributed by atoms with Gasteiger partial charge in [0, 0.05) is 20.1 Å². The molecule has 2 heterocycles. The Hall–Kier alpha value is -3.30. The largest absolute Gasteiger partial charge is 0.459 e. The number of anilines is 2. The number of furan rings is 1. The number of hydrogen-bond donors (Lipinski definition) is 2. The van der Waals surface area contributed by atoms with Gasteiger partial charge in [0.05, 0.1) is 6.26 Å². The Kier molecular flexibility index (Phi) is 7.62. The van der Waals surface area contributed by atoms with Crippen LogP contribution in [0.1, 0.15) is 44.2 Å². The number of carbonyl (C=O) groups excluding carboxylic acids is 2. The van der Waals surface area contributed by atoms with Crippen molar-refractivity contribution in [2.24, 2.45) is 5.92 Å². The third kappa shape index (κ3) is 5.19. The molecule has 0 aliphatic carbocycles. The number of likely N-dealkylation sites (N-methyl/N-ethyl adjacent to an activating group) is 1. The van der Waals surface area contributed by atoms with Crippen molar-refractivity contribution in [3.8, 4) is 0 Å². The summed E-state index contributed by atoms with van der Waals surface area (Å²) in [7, 11) is 1.46. The van der Waals surface area contributed by atoms with E-state index in [4.69, 9.17) is 10.2 Å². The first-order valence-corrected chi connectivity index (χ1v) is 9.89. The van der Waals surface area contributed by atoms with Crippen molar-refractivity contribution in [1.29, 1.82) is 0 Å². The molecule has 10 heteroatoms. The first-order valence-electron chi connectivity index (χ1n) is 9.89. The van der Waals surface area contributed by atoms with Gasteiger partial charge in [-0.15, -0.1) is 0 Å². The molecule has 0 aromatic carbocycles. The minimum Gasteiger partial charge on any atom is -0.459 e. The summed E-state index contributed by atoms with van der Waals surface area (Å²) in [6.45, 7) is 5.96. The van der Waals surface area contributed by atoms with Crippen LogP contribution in [0.15, 0.2) is 32.4 Å². The van der Waals surface area contributed by atoms with Crippen LogP contribution >= 0.6 is 0 Å². The van der Waals surface area contributed by atoms with E-state index >= 15 is 0 Å². The van der Waals surface area contributed by atoms with Gasteiger partial charge in [-0.05, 0) is 24.5 Å². The van der Waals surface area contributed by atoms with Gasteiger partial charge in [0.1, 0.15) is 12.4 Å². The second kappa shape index (κ2) is 9.95. The third-order valence-electron chi connectivity index (χ3n) is 4.52. The van der Waals surface area contributed by atoms with Crippen LogP contribution < -0.4 is 21.9 Å². The molecule has 0 saturated carbocycles. The average Bonchev–Trinajstić information content (AvgIpc) is 3.20. The molecule has 0 aliphatic heterocycles. The van der Waals surface area contributed by atoms with Gasteiger partial charge in [0.2, 0.25) is 5.91 Å². The fourth-order valence-corrected chi connectivity index (χ4v) is 3.01. The maximum Gasteiger partial charge on any atom is 0.330 e. The number of unbranched alkanes of at least 4 members (excludes halogenated alkanes) is 1. The topological polar surface area (TPSA) is 135 Å². The van der Waals surface area contributed by atoms with Crippen LogP contribution in [0, 0.1) is 5.92 Å². The van der Waals surface area contributed by atoms with Gasteiger partial charge in [-0.25, -0.2) is 4.79 Å². The van der Waals surface area contributed by atoms with Crippen molar-refractivity contribution in [2.75, 3.05) is 30.8 Å². The maximum atomic E-state index is 13.1. The summed E-state index contributed by atoms with van der Waals surface area (Å²) in [6.07, 6.45) is 2.89. The van der Waals surface area contributed by atoms with Crippen LogP contribution in [0.25, 0.3) is 0 Å². The van der Waals surface area contributed by atoms with Crippen LogP contribution in [-0.4, -0.2) is 46.4 Å². The molecule has 2 aromatic heterocycles. The zero-order valence-electron chi connectivity index (χ0n) is 17.8. The van der Waals surface area contributed by atoms with E-state index in [2.05, 4.69) is 4.98 Å². The molecule has 10 nitrogen and oxygen atoms in total. The number of H-pyrrole nitrogens is 1. The van der Waals surface area contributed by atoms with Gasteiger partial charge in [-0.3, -0.25) is 23.9 Å². The van der Waals surface area contributed by atoms with Crippen molar-refractivity contribution in [3.63, 3.8) is 0 Å². The van der Waals surface area contributed by atoms with E-state index in [1.807, 2.05) is 20.8 Å². The summed E-state index contributed by atoms with van der Waals surface area (Å²) >= 11 is 0. The standard InChI is InChI=1S/C20H29N5O5/c1-5-6-9-24-17(21)16(18(27)22-20(24)29)25(11-13(2)3)15(26)12-23(4)19(28)14-8-7-10-30-14/h7-8,10,13H,5-6,9,11-12,21H2,1-4H3,(H,22,27,29). The van der Waals surface area contributed by atoms with E-state index in [1.54, 1.807) is 6.07 Å². The molecule has 0 atom stereocenters. The number of nitrogens with zero attached hydrogens (tertiary/aromatic N) is 3. The normalized spacial score (nSPS) is 11.0. The van der Waals surface area contributed by atoms with E-state index < -0.39 is 23.1 Å². The monoisotopic (exact) mass is 419 g/mol. The molecule has 2 amide bonds. The lowest BCUT2D eigenvalue weighted by Gasteiger charge is -2.28. The maximum absolute atomic E-state index is 13.1. The van der Waals surface area contributed by atoms with E-state index in [0.29, 0.717) is 13.0 Å². The van der Waals surface area contributed by atoms with Crippen LogP contribution in [0.4, 0.5) is 11.5 Å². The van der Waals surface area contributed by atoms with E-state index in [1.165, 1.54) is 33.7 Å². The number of aromatic nitrogens is 2. The molecular formula is C20H29N5O5. The Morgan fingerprint density at radius 1 is 1.30 bits per heavy atom. The lowest BCUT2D eigenvalue weighted by Crippen LogP contribution is -2.46. The second-order valence-corrected chi connectivity index (χ2v) is 7.54. The average molecular weight is 419 g/mol. The quantitative estimate of drug-likeness (QED) is 0.628. The summed E-state index contributed by atoms with van der Waals surface area (Å²) in [4.78, 5) is 54.9. The molecule has 3 N–H and O–H groups in total. The number of carbonyl (C=O) groups is 2. The molecule has 0 fully saturated rings. The molecule has 0 unspecified atom stereocenters. The van der Waals surface area contributed by atoms with Crippen molar-refractivity contribution in [2.45, 2.75) is 40.2 Å². The Balaban J connectivity index is 2.40. The molecule has 2 rings (SSSR count). The highest BCUT2D eigenvalue weighted by Crippen LogP contribution is 2.19. The van der Waals surface area contributed by atoms with Gasteiger partial charge in [0.25, 0.3) is 11.5 Å². The van der Waals surface area contributed by atoms with Crippen molar-refractivity contribution >= 4 is 23.3 Å². The highest BCUT2D eigenvalue weighted by Gasteiger charge is 2.27. The third-order valence-corrected chi connectivity index (χ3v) is 4.52. The molecule has 30 heavy (non-hydrogen) atoms. The van der Waals surface area contributed by atoms with Gasteiger partial charge in [-0.2, -0.15) is 0 Å². The number of aromatic amines is 1. The zero-order valence-corrected chi connectivity index (χ0v) is 17.8. The molecule has 0 saturated heterocycles. The van der Waals surface area contributed by atoms with E-state index in [9.17, 15) is 19.2 Å². The van der Waals surface area contributed by atoms with E-state index in [-0.39, 0.29) is 36.3 Å². The molecule has 0 aliphatic rings. The number of nitrogens with one attached hydrogen (secondary N) is 1. The van der Waals surface area contributed by atoms with Crippen molar-refractivity contribution in [3.05, 3.63) is 45.0 Å². The molecule has 0 radical (unpaired) electrons. The van der Waals surface area contributed by atoms with Gasteiger partial charge < -0.3 is 20.0 Å². The second-order valence-electron chi connectivity index (χ2n) is 7.54. The fourth-order valence-electron chi connectivity index (χ4n) is 3.01. The Labute approximate surface area is 174 Å². The Morgan fingerprint density at radius 3 is 2.57 bits per heavy atom. The van der Waals surface area contributed by atoms with Crippen LogP contribution in [-0.2, 0) is 11.3 Å². The minimum absolute atomic E-state index is 0.00912. The predicted octanol–water partition coefficient (Wildman–Crippen LogP) is 1.27. The highest BCUT2D eigenvalue weighted by atomic mass is 16.3. The number of amides is 2. The molecule has 0 spiro atoms. The first-order chi connectivity index (χ1) is 14.2. The summed E-state index contributed by atoms with van der Waals surface area (Å²) < 4.78 is 6.35. The lowest BCUT2D eigenvalue weighted by atomic mass is 10.2. The number of rotatable bonds is 9.